The number of hydrogen-bond donors (Lipinski definition) is 1. The van der Waals surface area contributed by atoms with Crippen LogP contribution in [0, 0.1) is 24.0 Å². The van der Waals surface area contributed by atoms with Crippen LogP contribution in [0.2, 0.25) is 0 Å². The molecule has 2 aromatic carbocycles. The molecule has 6 nitrogen and oxygen atoms in total. The van der Waals surface area contributed by atoms with E-state index in [2.05, 4.69) is 4.72 Å². The molecule has 1 atom stereocenters. The average Bonchev–Trinajstić information content (AvgIpc) is 2.54. The van der Waals surface area contributed by atoms with Gasteiger partial charge in [0.2, 0.25) is 10.0 Å². The number of nitro groups is 1. The highest BCUT2D eigenvalue weighted by atomic mass is 35.5. The van der Waals surface area contributed by atoms with Crippen LogP contribution >= 0.6 is 23.2 Å². The van der Waals surface area contributed by atoms with E-state index in [0.29, 0.717) is 0 Å². The minimum Gasteiger partial charge on any atom is -0.261 e. The molecular weight excluding hydrogens is 387 g/mol. The number of nitrogens with zero attached hydrogens (tertiary/aromatic N) is 1. The second-order valence-corrected chi connectivity index (χ2v) is 8.68. The number of hydrogen-bond acceptors (Lipinski definition) is 4. The van der Waals surface area contributed by atoms with E-state index in [1.54, 1.807) is 36.4 Å². The number of benzene rings is 2. The van der Waals surface area contributed by atoms with Crippen molar-refractivity contribution in [2.75, 3.05) is 0 Å². The van der Waals surface area contributed by atoms with Gasteiger partial charge in [0.15, 0.2) is 0 Å². The largest absolute Gasteiger partial charge is 0.390 e. The lowest BCUT2D eigenvalue weighted by atomic mass is 10.1. The van der Waals surface area contributed by atoms with Gasteiger partial charge in [0.05, 0.1) is 9.82 Å². The molecule has 0 aromatic heterocycles. The molecule has 0 heterocycles. The molecule has 0 aliphatic rings. The Bertz CT molecular complexity index is 866. The first-order valence-electron chi connectivity index (χ1n) is 7.22. The number of sulfonamides is 1. The van der Waals surface area contributed by atoms with E-state index in [9.17, 15) is 18.5 Å². The number of halogens is 2. The van der Waals surface area contributed by atoms with Gasteiger partial charge in [-0.3, -0.25) is 10.1 Å². The molecule has 0 saturated heterocycles. The van der Waals surface area contributed by atoms with E-state index >= 15 is 0 Å². The molecular formula is C16H16Cl2N2O4S. The van der Waals surface area contributed by atoms with Gasteiger partial charge in [0.1, 0.15) is 6.04 Å². The maximum atomic E-state index is 12.6. The third-order valence-electron chi connectivity index (χ3n) is 3.61. The molecule has 1 N–H and O–H groups in total. The summed E-state index contributed by atoms with van der Waals surface area (Å²) in [6.07, 6.45) is 0. The zero-order valence-corrected chi connectivity index (χ0v) is 15.8. The molecule has 0 aliphatic heterocycles. The Hall–Kier alpha value is -1.67. The summed E-state index contributed by atoms with van der Waals surface area (Å²) in [5.41, 5.74) is 2.06. The van der Waals surface area contributed by atoms with Crippen molar-refractivity contribution in [1.82, 2.24) is 4.72 Å². The number of alkyl halides is 2. The van der Waals surface area contributed by atoms with Gasteiger partial charge in [-0.25, -0.2) is 8.42 Å². The Labute approximate surface area is 156 Å². The predicted octanol–water partition coefficient (Wildman–Crippen LogP) is 3.73. The first-order valence-corrected chi connectivity index (χ1v) is 9.46. The van der Waals surface area contributed by atoms with E-state index in [4.69, 9.17) is 23.2 Å². The highest BCUT2D eigenvalue weighted by Gasteiger charge is 2.50. The van der Waals surface area contributed by atoms with Gasteiger partial charge in [0, 0.05) is 0 Å². The molecule has 0 spiro atoms. The molecule has 0 saturated carbocycles. The van der Waals surface area contributed by atoms with Crippen LogP contribution < -0.4 is 4.72 Å². The minimum atomic E-state index is -4.07. The van der Waals surface area contributed by atoms with Gasteiger partial charge in [-0.15, -0.1) is 0 Å². The summed E-state index contributed by atoms with van der Waals surface area (Å²) in [6.45, 7) is 3.64. The summed E-state index contributed by atoms with van der Waals surface area (Å²) in [5.74, 6) is 0. The topological polar surface area (TPSA) is 89.3 Å². The molecule has 134 valence electrons. The molecule has 9 heteroatoms. The third-order valence-corrected chi connectivity index (χ3v) is 5.76. The van der Waals surface area contributed by atoms with Crippen LogP contribution in [-0.2, 0) is 10.0 Å². The van der Waals surface area contributed by atoms with Crippen molar-refractivity contribution in [2.45, 2.75) is 29.2 Å². The Morgan fingerprint density at radius 3 is 1.88 bits per heavy atom. The van der Waals surface area contributed by atoms with E-state index < -0.39 is 25.4 Å². The molecule has 0 amide bonds. The maximum absolute atomic E-state index is 12.6. The fourth-order valence-electron chi connectivity index (χ4n) is 2.14. The van der Waals surface area contributed by atoms with Crippen LogP contribution in [0.5, 0.6) is 0 Å². The normalized spacial score (nSPS) is 13.4. The highest BCUT2D eigenvalue weighted by Crippen LogP contribution is 2.37. The molecule has 0 aliphatic carbocycles. The van der Waals surface area contributed by atoms with Crippen molar-refractivity contribution in [3.63, 3.8) is 0 Å². The van der Waals surface area contributed by atoms with Crippen molar-refractivity contribution >= 4 is 33.2 Å². The van der Waals surface area contributed by atoms with Crippen LogP contribution in [0.3, 0.4) is 0 Å². The summed E-state index contributed by atoms with van der Waals surface area (Å²) in [4.78, 5) is 10.3. The van der Waals surface area contributed by atoms with Crippen LogP contribution in [0.25, 0.3) is 0 Å². The quantitative estimate of drug-likeness (QED) is 0.345. The first kappa shape index (κ1) is 19.7. The first-order chi connectivity index (χ1) is 11.5. The van der Waals surface area contributed by atoms with E-state index in [1.165, 1.54) is 12.1 Å². The number of aryl methyl sites for hydroxylation is 2. The van der Waals surface area contributed by atoms with Crippen molar-refractivity contribution in [3.05, 3.63) is 75.3 Å². The standard InChI is InChI=1S/C16H16Cl2N2O4S/c1-11-3-7-13(8-4-11)15(16(17,18)20(21)22)19-25(23,24)14-9-5-12(2)6-10-14/h3-10,15,19H,1-2H3/t15-/m0/s1. The summed E-state index contributed by atoms with van der Waals surface area (Å²) in [6, 6.07) is 11.0. The Morgan fingerprint density at radius 1 is 1.00 bits per heavy atom. The van der Waals surface area contributed by atoms with Crippen molar-refractivity contribution in [2.24, 2.45) is 0 Å². The van der Waals surface area contributed by atoms with Crippen LogP contribution in [0.4, 0.5) is 0 Å². The lowest BCUT2D eigenvalue weighted by Crippen LogP contribution is -2.43. The summed E-state index contributed by atoms with van der Waals surface area (Å²) < 4.78 is 24.9. The minimum absolute atomic E-state index is 0.0392. The Morgan fingerprint density at radius 2 is 1.44 bits per heavy atom. The zero-order valence-electron chi connectivity index (χ0n) is 13.4. The van der Waals surface area contributed by atoms with Gasteiger partial charge in [-0.05, 0) is 54.7 Å². The smallest absolute Gasteiger partial charge is 0.261 e. The van der Waals surface area contributed by atoms with Crippen molar-refractivity contribution in [3.8, 4) is 0 Å². The lowest BCUT2D eigenvalue weighted by Gasteiger charge is -2.24. The fourth-order valence-corrected chi connectivity index (χ4v) is 3.88. The molecule has 2 aromatic rings. The van der Waals surface area contributed by atoms with E-state index in [-0.39, 0.29) is 10.5 Å². The number of nitrogens with one attached hydrogen (secondary N) is 1. The van der Waals surface area contributed by atoms with Crippen molar-refractivity contribution < 1.29 is 13.3 Å². The van der Waals surface area contributed by atoms with Gasteiger partial charge in [-0.2, -0.15) is 4.72 Å². The summed E-state index contributed by atoms with van der Waals surface area (Å²) in [5, 5.41) is 11.3. The van der Waals surface area contributed by atoms with Crippen LogP contribution in [-0.4, -0.2) is 17.8 Å². The van der Waals surface area contributed by atoms with Gasteiger partial charge >= 0.3 is 4.46 Å². The Balaban J connectivity index is 2.47. The molecule has 25 heavy (non-hydrogen) atoms. The monoisotopic (exact) mass is 402 g/mol. The lowest BCUT2D eigenvalue weighted by molar-refractivity contribution is -0.520. The van der Waals surface area contributed by atoms with E-state index in [0.717, 1.165) is 11.1 Å². The van der Waals surface area contributed by atoms with Crippen LogP contribution in [0.15, 0.2) is 53.4 Å². The molecule has 0 bridgehead atoms. The number of rotatable bonds is 6. The second kappa shape index (κ2) is 7.29. The van der Waals surface area contributed by atoms with Gasteiger partial charge < -0.3 is 0 Å². The molecule has 0 unspecified atom stereocenters. The molecule has 0 fully saturated rings. The summed E-state index contributed by atoms with van der Waals surface area (Å²) in [7, 11) is -4.07. The fraction of sp³-hybridized carbons (Fsp3) is 0.250. The second-order valence-electron chi connectivity index (χ2n) is 5.62. The highest BCUT2D eigenvalue weighted by molar-refractivity contribution is 7.89. The van der Waals surface area contributed by atoms with Gasteiger partial charge in [0.25, 0.3) is 0 Å². The maximum Gasteiger partial charge on any atom is 0.390 e. The average molecular weight is 403 g/mol. The zero-order chi connectivity index (χ0) is 18.8. The molecule has 0 radical (unpaired) electrons. The summed E-state index contributed by atoms with van der Waals surface area (Å²) >= 11 is 11.7. The Kier molecular flexibility index (Phi) is 5.73. The van der Waals surface area contributed by atoms with E-state index in [1.807, 2.05) is 13.8 Å². The molecule has 2 rings (SSSR count). The van der Waals surface area contributed by atoms with Crippen LogP contribution in [0.1, 0.15) is 22.7 Å². The predicted molar refractivity (Wildman–Crippen MR) is 96.9 cm³/mol. The SMILES string of the molecule is Cc1ccc([C@H](NS(=O)(=O)c2ccc(C)cc2)C(Cl)(Cl)[N+](=O)[O-])cc1. The van der Waals surface area contributed by atoms with Crippen molar-refractivity contribution in [1.29, 1.82) is 0 Å². The van der Waals surface area contributed by atoms with Gasteiger partial charge in [-0.1, -0.05) is 47.5 Å². The third kappa shape index (κ3) is 4.49.